The summed E-state index contributed by atoms with van der Waals surface area (Å²) in [5.74, 6) is 0.306. The van der Waals surface area contributed by atoms with Gasteiger partial charge in [0.05, 0.1) is 31.2 Å². The second kappa shape index (κ2) is 10.4. The van der Waals surface area contributed by atoms with E-state index in [9.17, 15) is 4.79 Å². The van der Waals surface area contributed by atoms with Gasteiger partial charge in [-0.05, 0) is 17.7 Å². The Balaban J connectivity index is 1.51. The first-order valence-corrected chi connectivity index (χ1v) is 10.5. The van der Waals surface area contributed by atoms with Gasteiger partial charge in [-0.2, -0.15) is 5.10 Å². The van der Waals surface area contributed by atoms with Gasteiger partial charge in [-0.1, -0.05) is 43.1 Å². The monoisotopic (exact) mass is 465 g/mol. The van der Waals surface area contributed by atoms with Gasteiger partial charge in [0, 0.05) is 26.0 Å². The number of rotatable bonds is 8. The van der Waals surface area contributed by atoms with Crippen molar-refractivity contribution >= 4 is 35.8 Å². The molecule has 1 aromatic carbocycles. The third kappa shape index (κ3) is 5.45. The minimum atomic E-state index is -0.559. The zero-order valence-electron chi connectivity index (χ0n) is 18.1. The maximum absolute atomic E-state index is 12.4. The van der Waals surface area contributed by atoms with Gasteiger partial charge in [0.2, 0.25) is 0 Å². The third-order valence-electron chi connectivity index (χ3n) is 4.86. The van der Waals surface area contributed by atoms with Crippen molar-refractivity contribution in [1.82, 2.24) is 30.0 Å². The highest BCUT2D eigenvalue weighted by Gasteiger charge is 2.16. The summed E-state index contributed by atoms with van der Waals surface area (Å²) in [6.45, 7) is 0.814. The molecule has 0 unspecified atom stereocenters. The van der Waals surface area contributed by atoms with E-state index in [4.69, 9.17) is 9.47 Å². The first-order chi connectivity index (χ1) is 16.1. The summed E-state index contributed by atoms with van der Waals surface area (Å²) in [5, 5.41) is 7.08. The Bertz CT molecular complexity index is 1230. The molecule has 0 aliphatic heterocycles. The van der Waals surface area contributed by atoms with Crippen LogP contribution in [0.15, 0.2) is 61.1 Å². The lowest BCUT2D eigenvalue weighted by atomic mass is 10.2. The number of urea groups is 1. The molecule has 0 radical (unpaired) electrons. The fraction of sp³-hybridized carbons (Fsp3) is 0.227. The van der Waals surface area contributed by atoms with Crippen LogP contribution in [0.5, 0.6) is 0 Å². The molecule has 3 heterocycles. The van der Waals surface area contributed by atoms with E-state index in [1.807, 2.05) is 41.2 Å². The fourth-order valence-corrected chi connectivity index (χ4v) is 3.29. The molecule has 3 aromatic heterocycles. The van der Waals surface area contributed by atoms with Gasteiger partial charge >= 0.3 is 6.03 Å². The summed E-state index contributed by atoms with van der Waals surface area (Å²) in [7, 11) is 2.98. The topological polar surface area (TPSA) is 107 Å². The summed E-state index contributed by atoms with van der Waals surface area (Å²) in [5.41, 5.74) is 3.58. The summed E-state index contributed by atoms with van der Waals surface area (Å²) < 4.78 is 13.1. The summed E-state index contributed by atoms with van der Waals surface area (Å²) in [6, 6.07) is 13.0. The lowest BCUT2D eigenvalue weighted by Gasteiger charge is -2.18. The molecule has 33 heavy (non-hydrogen) atoms. The number of nitrogens with zero attached hydrogens (tertiary/aromatic N) is 6. The van der Waals surface area contributed by atoms with E-state index in [0.29, 0.717) is 29.2 Å². The van der Waals surface area contributed by atoms with Crippen molar-refractivity contribution in [2.24, 2.45) is 0 Å². The Kier molecular flexibility index (Phi) is 7.13. The van der Waals surface area contributed by atoms with Crippen LogP contribution in [0.3, 0.4) is 0 Å². The second-order valence-electron chi connectivity index (χ2n) is 7.08. The Morgan fingerprint density at radius 2 is 1.91 bits per heavy atom. The minimum Gasteiger partial charge on any atom is -0.354 e. The first kappa shape index (κ1) is 22.6. The van der Waals surface area contributed by atoms with Gasteiger partial charge in [-0.25, -0.2) is 19.1 Å². The molecular weight excluding hydrogens is 442 g/mol. The Morgan fingerprint density at radius 1 is 1.12 bits per heavy atom. The van der Waals surface area contributed by atoms with E-state index < -0.39 is 12.3 Å². The van der Waals surface area contributed by atoms with Crippen molar-refractivity contribution < 1.29 is 14.3 Å². The Hall–Kier alpha value is -3.54. The molecule has 0 spiro atoms. The lowest BCUT2D eigenvalue weighted by molar-refractivity contribution is -0.0970. The van der Waals surface area contributed by atoms with Crippen LogP contribution in [-0.4, -0.2) is 57.8 Å². The van der Waals surface area contributed by atoms with Crippen LogP contribution in [0.4, 0.5) is 10.6 Å². The molecule has 0 atom stereocenters. The molecule has 4 aromatic rings. The van der Waals surface area contributed by atoms with E-state index in [0.717, 1.165) is 15.4 Å². The quantitative estimate of drug-likeness (QED) is 0.304. The largest absolute Gasteiger partial charge is 0.354 e. The molecule has 170 valence electrons. The SMILES string of the molecule is COC(CNC(=O)N(S)c1ccc2ncc(-c3cnn(Cc4ccccc4)c3)nc2n1)OC. The normalized spacial score (nSPS) is 11.2. The van der Waals surface area contributed by atoms with Crippen molar-refractivity contribution in [3.8, 4) is 11.3 Å². The van der Waals surface area contributed by atoms with E-state index in [2.05, 4.69) is 38.2 Å². The van der Waals surface area contributed by atoms with Gasteiger partial charge in [-0.15, -0.1) is 0 Å². The summed E-state index contributed by atoms with van der Waals surface area (Å²) in [4.78, 5) is 25.9. The van der Waals surface area contributed by atoms with E-state index in [1.54, 1.807) is 24.5 Å². The molecule has 11 heteroatoms. The minimum absolute atomic E-state index is 0.160. The Morgan fingerprint density at radius 3 is 2.67 bits per heavy atom. The lowest BCUT2D eigenvalue weighted by Crippen LogP contribution is -2.40. The van der Waals surface area contributed by atoms with Crippen molar-refractivity contribution in [3.05, 3.63) is 66.6 Å². The molecule has 4 rings (SSSR count). The number of ether oxygens (including phenoxy) is 2. The highest BCUT2D eigenvalue weighted by atomic mass is 32.1. The molecule has 0 saturated heterocycles. The smallest absolute Gasteiger partial charge is 0.333 e. The number of hydrogen-bond donors (Lipinski definition) is 2. The van der Waals surface area contributed by atoms with Gasteiger partial charge < -0.3 is 14.8 Å². The van der Waals surface area contributed by atoms with E-state index >= 15 is 0 Å². The van der Waals surface area contributed by atoms with Gasteiger partial charge in [0.25, 0.3) is 0 Å². The van der Waals surface area contributed by atoms with Gasteiger partial charge in [0.1, 0.15) is 11.3 Å². The van der Waals surface area contributed by atoms with Crippen molar-refractivity contribution in [2.45, 2.75) is 12.8 Å². The number of pyridine rings is 1. The number of carbonyl (C=O) groups excluding carboxylic acids is 1. The van der Waals surface area contributed by atoms with Crippen molar-refractivity contribution in [2.75, 3.05) is 25.1 Å². The average molecular weight is 466 g/mol. The Labute approximate surface area is 196 Å². The number of thiol groups is 1. The number of benzene rings is 1. The van der Waals surface area contributed by atoms with Crippen LogP contribution in [0, 0.1) is 0 Å². The summed E-state index contributed by atoms with van der Waals surface area (Å²) >= 11 is 4.26. The highest BCUT2D eigenvalue weighted by Crippen LogP contribution is 2.21. The molecule has 0 aliphatic rings. The molecule has 0 fully saturated rings. The van der Waals surface area contributed by atoms with Crippen LogP contribution in [-0.2, 0) is 16.0 Å². The number of anilines is 1. The average Bonchev–Trinajstić information content (AvgIpc) is 3.32. The number of hydrogen-bond acceptors (Lipinski definition) is 8. The maximum Gasteiger partial charge on any atom is 0.333 e. The number of amides is 2. The van der Waals surface area contributed by atoms with E-state index in [-0.39, 0.29) is 6.54 Å². The molecule has 0 bridgehead atoms. The van der Waals surface area contributed by atoms with Gasteiger partial charge in [0.15, 0.2) is 11.9 Å². The number of nitrogens with one attached hydrogen (secondary N) is 1. The number of fused-ring (bicyclic) bond motifs is 1. The number of carbonyl (C=O) groups is 1. The van der Waals surface area contributed by atoms with Crippen LogP contribution >= 0.6 is 12.8 Å². The number of aromatic nitrogens is 5. The third-order valence-corrected chi connectivity index (χ3v) is 5.25. The predicted octanol–water partition coefficient (Wildman–Crippen LogP) is 2.92. The van der Waals surface area contributed by atoms with Crippen molar-refractivity contribution in [1.29, 1.82) is 0 Å². The molecular formula is C22H23N7O3S. The second-order valence-corrected chi connectivity index (χ2v) is 7.48. The highest BCUT2D eigenvalue weighted by molar-refractivity contribution is 7.82. The number of methoxy groups -OCH3 is 2. The zero-order chi connectivity index (χ0) is 23.2. The zero-order valence-corrected chi connectivity index (χ0v) is 19.0. The first-order valence-electron chi connectivity index (χ1n) is 10.1. The van der Waals surface area contributed by atoms with Crippen LogP contribution in [0.2, 0.25) is 0 Å². The molecule has 0 aliphatic carbocycles. The van der Waals surface area contributed by atoms with Crippen LogP contribution < -0.4 is 9.62 Å². The summed E-state index contributed by atoms with van der Waals surface area (Å²) in [6.07, 6.45) is 4.77. The van der Waals surface area contributed by atoms with E-state index in [1.165, 1.54) is 14.2 Å². The molecule has 10 nitrogen and oxygen atoms in total. The van der Waals surface area contributed by atoms with Gasteiger partial charge in [-0.3, -0.25) is 9.67 Å². The molecule has 1 N–H and O–H groups in total. The standard InChI is InChI=1S/C22H23N7O3S/c1-31-20(32-2)12-24-22(30)29(33)19-9-8-17-21(27-19)26-18(11-23-17)16-10-25-28(14-16)13-15-6-4-3-5-7-15/h3-11,14,20,33H,12-13H2,1-2H3,(H,24,30). The molecule has 2 amide bonds. The van der Waals surface area contributed by atoms with Crippen molar-refractivity contribution in [3.63, 3.8) is 0 Å². The molecule has 0 saturated carbocycles. The maximum atomic E-state index is 12.4. The van der Waals surface area contributed by atoms with Crippen LogP contribution in [0.25, 0.3) is 22.4 Å². The fourth-order valence-electron chi connectivity index (χ4n) is 3.11. The van der Waals surface area contributed by atoms with Crippen LogP contribution in [0.1, 0.15) is 5.56 Å². The predicted molar refractivity (Wildman–Crippen MR) is 127 cm³/mol.